The highest BCUT2D eigenvalue weighted by molar-refractivity contribution is 7.89. The summed E-state index contributed by atoms with van der Waals surface area (Å²) in [5.41, 5.74) is 5.43. The fraction of sp³-hybridized carbons (Fsp3) is 0.636. The predicted octanol–water partition coefficient (Wildman–Crippen LogP) is 0.504. The van der Waals surface area contributed by atoms with Crippen molar-refractivity contribution in [3.05, 3.63) is 17.6 Å². The molecule has 3 N–H and O–H groups in total. The van der Waals surface area contributed by atoms with Crippen molar-refractivity contribution in [2.75, 3.05) is 13.2 Å². The van der Waals surface area contributed by atoms with E-state index >= 15 is 0 Å². The second kappa shape index (κ2) is 5.40. The highest BCUT2D eigenvalue weighted by atomic mass is 32.2. The Hall–Kier alpha value is -0.890. The third-order valence-corrected chi connectivity index (χ3v) is 4.52. The highest BCUT2D eigenvalue weighted by Crippen LogP contribution is 2.20. The van der Waals surface area contributed by atoms with E-state index in [-0.39, 0.29) is 17.5 Å². The predicted molar refractivity (Wildman–Crippen MR) is 65.5 cm³/mol. The average molecular weight is 274 g/mol. The summed E-state index contributed by atoms with van der Waals surface area (Å²) in [6, 6.07) is 1.31. The first kappa shape index (κ1) is 13.5. The van der Waals surface area contributed by atoms with Crippen LogP contribution in [0.15, 0.2) is 15.4 Å². The van der Waals surface area contributed by atoms with Gasteiger partial charge in [-0.15, -0.1) is 0 Å². The van der Waals surface area contributed by atoms with E-state index in [1.807, 2.05) is 0 Å². The van der Waals surface area contributed by atoms with Crippen molar-refractivity contribution in [3.63, 3.8) is 0 Å². The lowest BCUT2D eigenvalue weighted by Gasteiger charge is -2.22. The third kappa shape index (κ3) is 2.92. The van der Waals surface area contributed by atoms with Crippen LogP contribution in [0, 0.1) is 6.92 Å². The van der Waals surface area contributed by atoms with Gasteiger partial charge in [-0.1, -0.05) is 0 Å². The Bertz CT molecular complexity index is 503. The molecule has 0 bridgehead atoms. The van der Waals surface area contributed by atoms with Gasteiger partial charge < -0.3 is 14.9 Å². The number of ether oxygens (including phenoxy) is 1. The summed E-state index contributed by atoms with van der Waals surface area (Å²) in [5, 5.41) is 0. The van der Waals surface area contributed by atoms with E-state index in [1.54, 1.807) is 6.92 Å². The molecule has 1 fully saturated rings. The number of rotatable bonds is 4. The fourth-order valence-electron chi connectivity index (χ4n) is 2.01. The first-order chi connectivity index (χ1) is 8.53. The molecule has 0 amide bonds. The van der Waals surface area contributed by atoms with Crippen molar-refractivity contribution in [2.24, 2.45) is 5.73 Å². The van der Waals surface area contributed by atoms with Crippen LogP contribution in [0.4, 0.5) is 0 Å². The summed E-state index contributed by atoms with van der Waals surface area (Å²) in [5.74, 6) is 0.826. The summed E-state index contributed by atoms with van der Waals surface area (Å²) >= 11 is 0. The second-order valence-corrected chi connectivity index (χ2v) is 6.06. The smallest absolute Gasteiger partial charge is 0.244 e. The van der Waals surface area contributed by atoms with Crippen LogP contribution in [0.3, 0.4) is 0 Å². The first-order valence-electron chi connectivity index (χ1n) is 5.92. The number of nitrogens with two attached hydrogens (primary N) is 1. The number of hydrogen-bond donors (Lipinski definition) is 2. The largest absolute Gasteiger partial charge is 0.464 e. The van der Waals surface area contributed by atoms with E-state index in [4.69, 9.17) is 14.9 Å². The molecule has 0 aromatic carbocycles. The topological polar surface area (TPSA) is 94.6 Å². The van der Waals surface area contributed by atoms with Gasteiger partial charge in [0, 0.05) is 18.7 Å². The maximum atomic E-state index is 12.2. The normalized spacial score (nSPS) is 21.1. The second-order valence-electron chi connectivity index (χ2n) is 4.37. The Morgan fingerprint density at radius 1 is 1.56 bits per heavy atom. The number of hydrogen-bond acceptors (Lipinski definition) is 5. The number of aryl methyl sites for hydroxylation is 1. The minimum absolute atomic E-state index is 0.161. The van der Waals surface area contributed by atoms with Crippen LogP contribution < -0.4 is 10.5 Å². The van der Waals surface area contributed by atoms with Crippen LogP contribution in [0.5, 0.6) is 0 Å². The average Bonchev–Trinajstić information content (AvgIpc) is 2.72. The van der Waals surface area contributed by atoms with Gasteiger partial charge in [-0.25, -0.2) is 13.1 Å². The third-order valence-electron chi connectivity index (χ3n) is 2.90. The zero-order valence-electron chi connectivity index (χ0n) is 10.3. The molecule has 6 nitrogen and oxygen atoms in total. The molecular weight excluding hydrogens is 256 g/mol. The zero-order chi connectivity index (χ0) is 13.2. The highest BCUT2D eigenvalue weighted by Gasteiger charge is 2.25. The molecule has 1 aromatic rings. The molecule has 0 spiro atoms. The molecule has 0 radical (unpaired) electrons. The molecule has 1 aliphatic rings. The van der Waals surface area contributed by atoms with Gasteiger partial charge in [0.15, 0.2) is 0 Å². The van der Waals surface area contributed by atoms with Crippen LogP contribution in [0.1, 0.15) is 24.4 Å². The number of nitrogens with one attached hydrogen (secondary N) is 1. The maximum absolute atomic E-state index is 12.2. The lowest BCUT2D eigenvalue weighted by Crippen LogP contribution is -2.40. The molecule has 0 saturated carbocycles. The van der Waals surface area contributed by atoms with Crippen LogP contribution in [-0.2, 0) is 21.3 Å². The fourth-order valence-corrected chi connectivity index (χ4v) is 3.47. The Morgan fingerprint density at radius 2 is 2.33 bits per heavy atom. The number of sulfonamides is 1. The van der Waals surface area contributed by atoms with Crippen LogP contribution >= 0.6 is 0 Å². The Kier molecular flexibility index (Phi) is 4.06. The van der Waals surface area contributed by atoms with Crippen molar-refractivity contribution in [1.82, 2.24) is 4.72 Å². The van der Waals surface area contributed by atoms with Crippen LogP contribution in [0.2, 0.25) is 0 Å². The molecular formula is C11H18N2O4S. The van der Waals surface area contributed by atoms with Crippen LogP contribution in [-0.4, -0.2) is 27.7 Å². The van der Waals surface area contributed by atoms with E-state index in [2.05, 4.69) is 4.72 Å². The Morgan fingerprint density at radius 3 is 2.89 bits per heavy atom. The quantitative estimate of drug-likeness (QED) is 0.834. The monoisotopic (exact) mass is 274 g/mol. The maximum Gasteiger partial charge on any atom is 0.244 e. The summed E-state index contributed by atoms with van der Waals surface area (Å²) in [4.78, 5) is 0.161. The van der Waals surface area contributed by atoms with Crippen molar-refractivity contribution in [2.45, 2.75) is 37.2 Å². The van der Waals surface area contributed by atoms with Crippen molar-refractivity contribution >= 4 is 10.0 Å². The van der Waals surface area contributed by atoms with Gasteiger partial charge in [-0.05, 0) is 19.8 Å². The lowest BCUT2D eigenvalue weighted by atomic mass is 10.1. The minimum Gasteiger partial charge on any atom is -0.464 e. The minimum atomic E-state index is -3.56. The Balaban J connectivity index is 2.16. The van der Waals surface area contributed by atoms with Crippen LogP contribution in [0.25, 0.3) is 0 Å². The summed E-state index contributed by atoms with van der Waals surface area (Å²) < 4.78 is 37.5. The standard InChI is InChI=1S/C11H18N2O4S/c1-8-11(5-10(6-12)17-8)18(14,15)13-9-3-2-4-16-7-9/h5,9,13H,2-4,6-7,12H2,1H3. The molecule has 18 heavy (non-hydrogen) atoms. The SMILES string of the molecule is Cc1oc(CN)cc1S(=O)(=O)NC1CCCOC1. The molecule has 7 heteroatoms. The molecule has 1 aromatic heterocycles. The number of furan rings is 1. The molecule has 102 valence electrons. The van der Waals surface area contributed by atoms with Gasteiger partial charge >= 0.3 is 0 Å². The molecule has 1 unspecified atom stereocenters. The van der Waals surface area contributed by atoms with E-state index in [9.17, 15) is 8.42 Å². The van der Waals surface area contributed by atoms with Gasteiger partial charge in [-0.3, -0.25) is 0 Å². The molecule has 1 atom stereocenters. The first-order valence-corrected chi connectivity index (χ1v) is 7.40. The van der Waals surface area contributed by atoms with Crippen molar-refractivity contribution in [1.29, 1.82) is 0 Å². The lowest BCUT2D eigenvalue weighted by molar-refractivity contribution is 0.0774. The zero-order valence-corrected chi connectivity index (χ0v) is 11.1. The van der Waals surface area contributed by atoms with E-state index in [0.717, 1.165) is 12.8 Å². The van der Waals surface area contributed by atoms with Crippen molar-refractivity contribution in [3.8, 4) is 0 Å². The molecule has 1 aliphatic heterocycles. The van der Waals surface area contributed by atoms with Crippen molar-refractivity contribution < 1.29 is 17.6 Å². The van der Waals surface area contributed by atoms with Gasteiger partial charge in [0.25, 0.3) is 0 Å². The molecule has 2 rings (SSSR count). The molecule has 1 saturated heterocycles. The molecule has 2 heterocycles. The van der Waals surface area contributed by atoms with E-state index in [1.165, 1.54) is 6.07 Å². The Labute approximate surface area is 107 Å². The van der Waals surface area contributed by atoms with E-state index < -0.39 is 10.0 Å². The molecule has 0 aliphatic carbocycles. The summed E-state index contributed by atoms with van der Waals surface area (Å²) in [6.07, 6.45) is 1.66. The van der Waals surface area contributed by atoms with Gasteiger partial charge in [0.2, 0.25) is 10.0 Å². The van der Waals surface area contributed by atoms with Gasteiger partial charge in [0.1, 0.15) is 16.4 Å². The summed E-state index contributed by atoms with van der Waals surface area (Å²) in [7, 11) is -3.56. The summed E-state index contributed by atoms with van der Waals surface area (Å²) in [6.45, 7) is 2.91. The van der Waals surface area contributed by atoms with E-state index in [0.29, 0.717) is 24.7 Å². The van der Waals surface area contributed by atoms with Gasteiger partial charge in [-0.2, -0.15) is 0 Å². The van der Waals surface area contributed by atoms with Gasteiger partial charge in [0.05, 0.1) is 13.2 Å².